The molecule has 5 nitrogen and oxygen atoms in total. The van der Waals surface area contributed by atoms with Crippen LogP contribution in [0.4, 0.5) is 5.69 Å². The van der Waals surface area contributed by atoms with Crippen molar-refractivity contribution in [1.82, 2.24) is 9.80 Å². The van der Waals surface area contributed by atoms with Crippen LogP contribution in [-0.4, -0.2) is 53.8 Å². The molecule has 2 saturated heterocycles. The second-order valence-corrected chi connectivity index (χ2v) is 7.31. The van der Waals surface area contributed by atoms with Crippen LogP contribution in [0.15, 0.2) is 18.2 Å². The summed E-state index contributed by atoms with van der Waals surface area (Å²) in [5, 5.41) is 3.10. The number of nitrogens with zero attached hydrogens (tertiary/aromatic N) is 2. The van der Waals surface area contributed by atoms with Gasteiger partial charge in [-0.3, -0.25) is 14.5 Å². The molecule has 2 fully saturated rings. The normalized spacial score (nSPS) is 19.2. The zero-order valence-corrected chi connectivity index (χ0v) is 15.4. The number of para-hydroxylation sites is 1. The van der Waals surface area contributed by atoms with E-state index in [2.05, 4.69) is 10.2 Å². The summed E-state index contributed by atoms with van der Waals surface area (Å²) in [5.41, 5.74) is 2.99. The highest BCUT2D eigenvalue weighted by Gasteiger charge is 2.32. The van der Waals surface area contributed by atoms with Crippen LogP contribution in [0.3, 0.4) is 0 Å². The lowest BCUT2D eigenvalue weighted by Gasteiger charge is -2.28. The third-order valence-electron chi connectivity index (χ3n) is 5.44. The Balaban J connectivity index is 1.73. The van der Waals surface area contributed by atoms with Gasteiger partial charge in [0.25, 0.3) is 0 Å². The maximum Gasteiger partial charge on any atom is 0.242 e. The van der Waals surface area contributed by atoms with E-state index in [1.54, 1.807) is 0 Å². The van der Waals surface area contributed by atoms with Gasteiger partial charge in [0, 0.05) is 18.8 Å². The molecule has 2 aliphatic heterocycles. The molecule has 1 N–H and O–H groups in total. The summed E-state index contributed by atoms with van der Waals surface area (Å²) in [6.07, 6.45) is 4.65. The van der Waals surface area contributed by atoms with Gasteiger partial charge >= 0.3 is 0 Å². The Morgan fingerprint density at radius 2 is 1.56 bits per heavy atom. The molecule has 1 aromatic carbocycles. The summed E-state index contributed by atoms with van der Waals surface area (Å²) >= 11 is 0. The van der Waals surface area contributed by atoms with Crippen molar-refractivity contribution >= 4 is 17.5 Å². The van der Waals surface area contributed by atoms with Crippen LogP contribution in [0.25, 0.3) is 0 Å². The number of carbonyl (C=O) groups is 2. The standard InChI is InChI=1S/C20H29N3O2/c1-15-8-7-9-16(2)19(15)21-20(25)17(22-10-3-4-11-22)14-18(24)23-12-5-6-13-23/h7-9,17H,3-6,10-14H2,1-2H3,(H,21,25). The van der Waals surface area contributed by atoms with E-state index in [4.69, 9.17) is 0 Å². The number of likely N-dealkylation sites (tertiary alicyclic amines) is 2. The summed E-state index contributed by atoms with van der Waals surface area (Å²) < 4.78 is 0. The van der Waals surface area contributed by atoms with Gasteiger partial charge in [0.2, 0.25) is 11.8 Å². The van der Waals surface area contributed by atoms with Crippen LogP contribution >= 0.6 is 0 Å². The lowest BCUT2D eigenvalue weighted by Crippen LogP contribution is -2.46. The average molecular weight is 343 g/mol. The number of nitrogens with one attached hydrogen (secondary N) is 1. The Kier molecular flexibility index (Phi) is 5.74. The summed E-state index contributed by atoms with van der Waals surface area (Å²) in [7, 11) is 0. The van der Waals surface area contributed by atoms with Crippen molar-refractivity contribution in [1.29, 1.82) is 0 Å². The summed E-state index contributed by atoms with van der Waals surface area (Å²) in [5.74, 6) is 0.0675. The Morgan fingerprint density at radius 3 is 2.16 bits per heavy atom. The molecule has 5 heteroatoms. The molecule has 0 aromatic heterocycles. The van der Waals surface area contributed by atoms with Crippen LogP contribution in [-0.2, 0) is 9.59 Å². The minimum absolute atomic E-state index is 0.0492. The monoisotopic (exact) mass is 343 g/mol. The van der Waals surface area contributed by atoms with E-state index in [1.807, 2.05) is 36.9 Å². The lowest BCUT2D eigenvalue weighted by molar-refractivity contribution is -0.134. The molecule has 0 radical (unpaired) electrons. The predicted molar refractivity (Wildman–Crippen MR) is 99.6 cm³/mol. The number of rotatable bonds is 5. The van der Waals surface area contributed by atoms with E-state index in [1.165, 1.54) is 0 Å². The van der Waals surface area contributed by atoms with Crippen LogP contribution in [0.5, 0.6) is 0 Å². The van der Waals surface area contributed by atoms with Gasteiger partial charge in [0.05, 0.1) is 12.5 Å². The molecule has 0 saturated carbocycles. The Labute approximate surface area is 150 Å². The predicted octanol–water partition coefficient (Wildman–Crippen LogP) is 2.72. The van der Waals surface area contributed by atoms with Gasteiger partial charge in [-0.2, -0.15) is 0 Å². The highest BCUT2D eigenvalue weighted by atomic mass is 16.2. The Morgan fingerprint density at radius 1 is 1.00 bits per heavy atom. The maximum absolute atomic E-state index is 13.0. The molecule has 0 spiro atoms. The SMILES string of the molecule is Cc1cccc(C)c1NC(=O)C(CC(=O)N1CCCC1)N1CCCC1. The molecule has 1 aromatic rings. The van der Waals surface area contributed by atoms with E-state index < -0.39 is 0 Å². The van der Waals surface area contributed by atoms with Gasteiger partial charge < -0.3 is 10.2 Å². The van der Waals surface area contributed by atoms with Gasteiger partial charge in [0.15, 0.2) is 0 Å². The number of amides is 2. The molecule has 0 bridgehead atoms. The average Bonchev–Trinajstić information content (AvgIpc) is 3.29. The van der Waals surface area contributed by atoms with Crippen LogP contribution < -0.4 is 5.32 Å². The van der Waals surface area contributed by atoms with Crippen molar-refractivity contribution in [3.63, 3.8) is 0 Å². The number of hydrogen-bond acceptors (Lipinski definition) is 3. The van der Waals surface area contributed by atoms with E-state index in [0.29, 0.717) is 0 Å². The highest BCUT2D eigenvalue weighted by Crippen LogP contribution is 2.23. The maximum atomic E-state index is 13.0. The first kappa shape index (κ1) is 17.9. The molecule has 1 unspecified atom stereocenters. The van der Waals surface area contributed by atoms with E-state index >= 15 is 0 Å². The largest absolute Gasteiger partial charge is 0.343 e. The zero-order chi connectivity index (χ0) is 17.8. The molecular weight excluding hydrogens is 314 g/mol. The third-order valence-corrected chi connectivity index (χ3v) is 5.44. The van der Waals surface area contributed by atoms with E-state index in [9.17, 15) is 9.59 Å². The summed E-state index contributed by atoms with van der Waals surface area (Å²) in [4.78, 5) is 29.7. The van der Waals surface area contributed by atoms with E-state index in [-0.39, 0.29) is 24.3 Å². The van der Waals surface area contributed by atoms with Gasteiger partial charge in [-0.25, -0.2) is 0 Å². The highest BCUT2D eigenvalue weighted by molar-refractivity contribution is 5.98. The first-order chi connectivity index (χ1) is 12.1. The minimum Gasteiger partial charge on any atom is -0.343 e. The fourth-order valence-corrected chi connectivity index (χ4v) is 3.92. The molecule has 2 aliphatic rings. The lowest BCUT2D eigenvalue weighted by atomic mass is 10.1. The topological polar surface area (TPSA) is 52.7 Å². The number of benzene rings is 1. The van der Waals surface area contributed by atoms with E-state index in [0.717, 1.165) is 68.7 Å². The Hall–Kier alpha value is -1.88. The molecule has 3 rings (SSSR count). The zero-order valence-electron chi connectivity index (χ0n) is 15.4. The first-order valence-corrected chi connectivity index (χ1v) is 9.45. The molecule has 0 aliphatic carbocycles. The van der Waals surface area contributed by atoms with Crippen LogP contribution in [0.2, 0.25) is 0 Å². The van der Waals surface area contributed by atoms with Crippen molar-refractivity contribution in [3.05, 3.63) is 29.3 Å². The second-order valence-electron chi connectivity index (χ2n) is 7.31. The Bertz CT molecular complexity index is 612. The molecule has 25 heavy (non-hydrogen) atoms. The van der Waals surface area contributed by atoms with Crippen LogP contribution in [0, 0.1) is 13.8 Å². The number of carbonyl (C=O) groups excluding carboxylic acids is 2. The fraction of sp³-hybridized carbons (Fsp3) is 0.600. The minimum atomic E-state index is -0.366. The molecular formula is C20H29N3O2. The van der Waals surface area contributed by atoms with Crippen LogP contribution in [0.1, 0.15) is 43.2 Å². The quantitative estimate of drug-likeness (QED) is 0.894. The number of aryl methyl sites for hydroxylation is 2. The van der Waals surface area contributed by atoms with Crippen molar-refractivity contribution in [2.75, 3.05) is 31.5 Å². The van der Waals surface area contributed by atoms with Gasteiger partial charge in [-0.05, 0) is 63.7 Å². The van der Waals surface area contributed by atoms with Crippen molar-refractivity contribution in [2.24, 2.45) is 0 Å². The number of hydrogen-bond donors (Lipinski definition) is 1. The fourth-order valence-electron chi connectivity index (χ4n) is 3.92. The van der Waals surface area contributed by atoms with Crippen molar-refractivity contribution in [3.8, 4) is 0 Å². The van der Waals surface area contributed by atoms with Crippen molar-refractivity contribution in [2.45, 2.75) is 52.0 Å². The van der Waals surface area contributed by atoms with Gasteiger partial charge in [-0.1, -0.05) is 18.2 Å². The second kappa shape index (κ2) is 8.00. The molecule has 2 heterocycles. The first-order valence-electron chi connectivity index (χ1n) is 9.45. The molecule has 2 amide bonds. The van der Waals surface area contributed by atoms with Crippen molar-refractivity contribution < 1.29 is 9.59 Å². The molecule has 1 atom stereocenters. The smallest absolute Gasteiger partial charge is 0.242 e. The third kappa shape index (κ3) is 4.21. The number of anilines is 1. The molecule has 136 valence electrons. The summed E-state index contributed by atoms with van der Waals surface area (Å²) in [6.45, 7) is 7.48. The van der Waals surface area contributed by atoms with Gasteiger partial charge in [-0.15, -0.1) is 0 Å². The van der Waals surface area contributed by atoms with Gasteiger partial charge in [0.1, 0.15) is 0 Å². The summed E-state index contributed by atoms with van der Waals surface area (Å²) in [6, 6.07) is 5.63.